The Balaban J connectivity index is 1.14. The van der Waals surface area contributed by atoms with E-state index in [-0.39, 0.29) is 35.2 Å². The number of likely N-dealkylation sites (tertiary alicyclic amines) is 1. The normalized spacial score (nSPS) is 21.7. The van der Waals surface area contributed by atoms with Gasteiger partial charge >= 0.3 is 0 Å². The number of fused-ring (bicyclic) bond motifs is 2. The van der Waals surface area contributed by atoms with Crippen LogP contribution in [0.1, 0.15) is 61.5 Å². The number of amides is 3. The molecular weight excluding hydrogens is 538 g/mol. The molecule has 0 radical (unpaired) electrons. The van der Waals surface area contributed by atoms with Gasteiger partial charge in [-0.1, -0.05) is 75.4 Å². The molecule has 1 saturated heterocycles. The van der Waals surface area contributed by atoms with Gasteiger partial charge in [-0.15, -0.1) is 0 Å². The molecule has 2 aliphatic rings. The zero-order valence-electron chi connectivity index (χ0n) is 25.1. The molecule has 6 rings (SSSR count). The molecule has 222 valence electrons. The Morgan fingerprint density at radius 2 is 1.72 bits per heavy atom. The number of hydrogen-bond acceptors (Lipinski definition) is 4. The van der Waals surface area contributed by atoms with Crippen molar-refractivity contribution in [2.75, 3.05) is 6.54 Å². The van der Waals surface area contributed by atoms with Gasteiger partial charge in [0.15, 0.2) is 0 Å². The topological polar surface area (TPSA) is 107 Å². The summed E-state index contributed by atoms with van der Waals surface area (Å²) in [5.41, 5.74) is 3.50. The van der Waals surface area contributed by atoms with Gasteiger partial charge in [0.1, 0.15) is 17.4 Å². The molecule has 3 N–H and O–H groups in total. The van der Waals surface area contributed by atoms with Gasteiger partial charge < -0.3 is 20.5 Å². The largest absolute Gasteiger partial charge is 0.352 e. The Labute approximate surface area is 252 Å². The summed E-state index contributed by atoms with van der Waals surface area (Å²) in [6.07, 6.45) is 3.26. The minimum Gasteiger partial charge on any atom is -0.352 e. The number of carbonyl (C=O) groups excluding carboxylic acids is 3. The van der Waals surface area contributed by atoms with Crippen LogP contribution in [0.5, 0.6) is 0 Å². The predicted octanol–water partition coefficient (Wildman–Crippen LogP) is 5.43. The summed E-state index contributed by atoms with van der Waals surface area (Å²) < 4.78 is 0. The Hall–Kier alpha value is -4.46. The number of carbonyl (C=O) groups is 3. The van der Waals surface area contributed by atoms with Gasteiger partial charge in [-0.05, 0) is 60.8 Å². The second-order valence-corrected chi connectivity index (χ2v) is 13.2. The first-order valence-electron chi connectivity index (χ1n) is 15.1. The highest BCUT2D eigenvalue weighted by molar-refractivity contribution is 6.00. The van der Waals surface area contributed by atoms with Gasteiger partial charge in [0, 0.05) is 35.2 Å². The number of pyridine rings is 1. The predicted molar refractivity (Wildman–Crippen MR) is 167 cm³/mol. The summed E-state index contributed by atoms with van der Waals surface area (Å²) in [4.78, 5) is 50.1. The number of H-pyrrole nitrogens is 1. The first-order valence-corrected chi connectivity index (χ1v) is 15.1. The minimum absolute atomic E-state index is 0.0714. The van der Waals surface area contributed by atoms with E-state index in [4.69, 9.17) is 0 Å². The third-order valence-corrected chi connectivity index (χ3v) is 8.82. The number of para-hydroxylation sites is 1. The first kappa shape index (κ1) is 28.6. The molecular formula is C35H39N5O3. The van der Waals surface area contributed by atoms with Gasteiger partial charge in [0.05, 0.1) is 6.04 Å². The van der Waals surface area contributed by atoms with E-state index >= 15 is 0 Å². The van der Waals surface area contributed by atoms with E-state index in [0.717, 1.165) is 28.5 Å². The van der Waals surface area contributed by atoms with Crippen molar-refractivity contribution in [1.29, 1.82) is 0 Å². The molecule has 2 aromatic heterocycles. The van der Waals surface area contributed by atoms with Crippen molar-refractivity contribution in [2.45, 2.75) is 58.7 Å². The molecule has 1 aliphatic heterocycles. The van der Waals surface area contributed by atoms with Gasteiger partial charge in [0.25, 0.3) is 11.8 Å². The summed E-state index contributed by atoms with van der Waals surface area (Å²) in [5.74, 6) is 0.108. The van der Waals surface area contributed by atoms with Crippen molar-refractivity contribution < 1.29 is 14.4 Å². The van der Waals surface area contributed by atoms with E-state index in [0.29, 0.717) is 36.2 Å². The van der Waals surface area contributed by atoms with Gasteiger partial charge in [0.2, 0.25) is 5.91 Å². The SMILES string of the molecule is CC1C2CC2C(CNC(=O)C(CC(C)(C)C)NC(=O)c2cc3ccccc3[nH]2)N1C(=O)c1ccc(-c2ccccc2)cn1. The lowest BCUT2D eigenvalue weighted by Crippen LogP contribution is -2.53. The van der Waals surface area contributed by atoms with Crippen molar-refractivity contribution in [1.82, 2.24) is 25.5 Å². The standard InChI is InChI=1S/C35H39N5O3/c1-21-25-17-26(25)31(40(21)34(43)28-15-14-24(19-36-28)22-10-6-5-7-11-22)20-37-32(41)30(18-35(2,3)4)39-33(42)29-16-23-12-8-9-13-27(23)38-29/h5-16,19,21,25-26,30-31,38H,17-18,20H2,1-4H3,(H,37,41)(H,39,42). The van der Waals surface area contributed by atoms with Crippen LogP contribution in [0.4, 0.5) is 0 Å². The van der Waals surface area contributed by atoms with Crippen molar-refractivity contribution in [2.24, 2.45) is 17.3 Å². The molecule has 1 aliphatic carbocycles. The summed E-state index contributed by atoms with van der Waals surface area (Å²) in [6, 6.07) is 22.4. The van der Waals surface area contributed by atoms with E-state index in [1.54, 1.807) is 18.3 Å². The van der Waals surface area contributed by atoms with Crippen molar-refractivity contribution in [3.8, 4) is 11.1 Å². The summed E-state index contributed by atoms with van der Waals surface area (Å²) >= 11 is 0. The lowest BCUT2D eigenvalue weighted by molar-refractivity contribution is -0.123. The molecule has 5 unspecified atom stereocenters. The van der Waals surface area contributed by atoms with Gasteiger partial charge in [-0.25, -0.2) is 0 Å². The number of nitrogens with zero attached hydrogens (tertiary/aromatic N) is 2. The van der Waals surface area contributed by atoms with Crippen molar-refractivity contribution >= 4 is 28.6 Å². The number of rotatable bonds is 8. The summed E-state index contributed by atoms with van der Waals surface area (Å²) in [6.45, 7) is 8.57. The Morgan fingerprint density at radius 3 is 2.42 bits per heavy atom. The minimum atomic E-state index is -0.718. The van der Waals surface area contributed by atoms with E-state index < -0.39 is 6.04 Å². The molecule has 8 heteroatoms. The smallest absolute Gasteiger partial charge is 0.273 e. The van der Waals surface area contributed by atoms with Crippen LogP contribution in [0, 0.1) is 17.3 Å². The van der Waals surface area contributed by atoms with Crippen LogP contribution in [0.3, 0.4) is 0 Å². The van der Waals surface area contributed by atoms with Crippen LogP contribution in [0.15, 0.2) is 79.0 Å². The number of aromatic nitrogens is 2. The molecule has 3 amide bonds. The third-order valence-electron chi connectivity index (χ3n) is 8.82. The molecule has 0 spiro atoms. The highest BCUT2D eigenvalue weighted by Crippen LogP contribution is 2.53. The van der Waals surface area contributed by atoms with Crippen LogP contribution in [0.2, 0.25) is 0 Å². The van der Waals surface area contributed by atoms with E-state index in [2.05, 4.69) is 27.5 Å². The molecule has 4 aromatic rings. The first-order chi connectivity index (χ1) is 20.6. The number of aromatic amines is 1. The number of benzene rings is 2. The molecule has 3 heterocycles. The lowest BCUT2D eigenvalue weighted by atomic mass is 9.87. The maximum Gasteiger partial charge on any atom is 0.273 e. The molecule has 2 aromatic carbocycles. The van der Waals surface area contributed by atoms with Crippen LogP contribution in [-0.4, -0.2) is 57.3 Å². The summed E-state index contributed by atoms with van der Waals surface area (Å²) in [7, 11) is 0. The fraction of sp³-hybridized carbons (Fsp3) is 0.371. The molecule has 43 heavy (non-hydrogen) atoms. The fourth-order valence-electron chi connectivity index (χ4n) is 6.57. The van der Waals surface area contributed by atoms with Crippen LogP contribution >= 0.6 is 0 Å². The zero-order chi connectivity index (χ0) is 30.3. The van der Waals surface area contributed by atoms with E-state index in [1.807, 2.05) is 86.3 Å². The molecule has 2 fully saturated rings. The molecule has 8 nitrogen and oxygen atoms in total. The average Bonchev–Trinajstić information content (AvgIpc) is 3.58. The quantitative estimate of drug-likeness (QED) is 0.260. The maximum absolute atomic E-state index is 13.7. The van der Waals surface area contributed by atoms with Crippen LogP contribution < -0.4 is 10.6 Å². The van der Waals surface area contributed by atoms with Crippen LogP contribution in [-0.2, 0) is 4.79 Å². The maximum atomic E-state index is 13.7. The van der Waals surface area contributed by atoms with Gasteiger partial charge in [-0.2, -0.15) is 0 Å². The monoisotopic (exact) mass is 577 g/mol. The molecule has 1 saturated carbocycles. The number of nitrogens with one attached hydrogen (secondary N) is 3. The zero-order valence-corrected chi connectivity index (χ0v) is 25.1. The summed E-state index contributed by atoms with van der Waals surface area (Å²) in [5, 5.41) is 7.00. The molecule has 0 bridgehead atoms. The molecule has 5 atom stereocenters. The second kappa shape index (κ2) is 11.3. The Bertz CT molecular complexity index is 1610. The Kier molecular flexibility index (Phi) is 7.54. The average molecular weight is 578 g/mol. The van der Waals surface area contributed by atoms with Crippen molar-refractivity contribution in [3.05, 3.63) is 90.4 Å². The Morgan fingerprint density at radius 1 is 0.977 bits per heavy atom. The van der Waals surface area contributed by atoms with E-state index in [1.165, 1.54) is 0 Å². The highest BCUT2D eigenvalue weighted by Gasteiger charge is 2.58. The second-order valence-electron chi connectivity index (χ2n) is 13.2. The lowest BCUT2D eigenvalue weighted by Gasteiger charge is -2.32. The fourth-order valence-corrected chi connectivity index (χ4v) is 6.57. The third kappa shape index (κ3) is 6.05. The van der Waals surface area contributed by atoms with E-state index in [9.17, 15) is 14.4 Å². The number of piperidine rings is 1. The highest BCUT2D eigenvalue weighted by atomic mass is 16.2. The van der Waals surface area contributed by atoms with Crippen LogP contribution in [0.25, 0.3) is 22.0 Å². The van der Waals surface area contributed by atoms with Gasteiger partial charge in [-0.3, -0.25) is 19.4 Å². The van der Waals surface area contributed by atoms with Crippen molar-refractivity contribution in [3.63, 3.8) is 0 Å². The number of hydrogen-bond donors (Lipinski definition) is 3.